The second-order valence-corrected chi connectivity index (χ2v) is 7.01. The maximum Gasteiger partial charge on any atom is 0.237 e. The van der Waals surface area contributed by atoms with E-state index in [1.54, 1.807) is 0 Å². The van der Waals surface area contributed by atoms with Crippen molar-refractivity contribution in [1.29, 1.82) is 0 Å². The first-order chi connectivity index (χ1) is 11.1. The van der Waals surface area contributed by atoms with Crippen LogP contribution in [0.5, 0.6) is 0 Å². The van der Waals surface area contributed by atoms with Crippen LogP contribution in [0, 0.1) is 0 Å². The van der Waals surface area contributed by atoms with E-state index in [1.807, 2.05) is 13.8 Å². The van der Waals surface area contributed by atoms with Crippen LogP contribution >= 0.6 is 0 Å². The summed E-state index contributed by atoms with van der Waals surface area (Å²) in [6, 6.07) is -0.0657. The second kappa shape index (κ2) is 9.40. The summed E-state index contributed by atoms with van der Waals surface area (Å²) >= 11 is 0. The Morgan fingerprint density at radius 3 is 2.61 bits per heavy atom. The summed E-state index contributed by atoms with van der Waals surface area (Å²) < 4.78 is 0. The molecule has 0 aromatic heterocycles. The Balaban J connectivity index is 1.65. The molecule has 1 aliphatic heterocycles. The zero-order valence-electron chi connectivity index (χ0n) is 14.8. The van der Waals surface area contributed by atoms with Crippen LogP contribution in [-0.4, -0.2) is 72.2 Å². The van der Waals surface area contributed by atoms with Crippen LogP contribution in [0.3, 0.4) is 0 Å². The highest BCUT2D eigenvalue weighted by molar-refractivity contribution is 5.81. The molecule has 2 atom stereocenters. The molecule has 1 amide bonds. The van der Waals surface area contributed by atoms with Gasteiger partial charge in [-0.05, 0) is 46.0 Å². The first-order valence-electron chi connectivity index (χ1n) is 9.16. The molecular formula is C18H33N3O2. The molecule has 0 saturated carbocycles. The molecule has 0 unspecified atom stereocenters. The number of allylic oxidation sites excluding steroid dienone is 1. The van der Waals surface area contributed by atoms with Crippen molar-refractivity contribution in [3.05, 3.63) is 11.6 Å². The van der Waals surface area contributed by atoms with Crippen LogP contribution in [-0.2, 0) is 4.79 Å². The summed E-state index contributed by atoms with van der Waals surface area (Å²) in [6.07, 6.45) is 8.09. The van der Waals surface area contributed by atoms with Crippen LogP contribution in [0.15, 0.2) is 11.6 Å². The van der Waals surface area contributed by atoms with E-state index in [4.69, 9.17) is 0 Å². The van der Waals surface area contributed by atoms with E-state index in [0.717, 1.165) is 45.7 Å². The molecular weight excluding hydrogens is 290 g/mol. The maximum atomic E-state index is 12.3. The van der Waals surface area contributed by atoms with E-state index in [9.17, 15) is 9.90 Å². The Morgan fingerprint density at radius 1 is 1.26 bits per heavy atom. The van der Waals surface area contributed by atoms with E-state index in [-0.39, 0.29) is 18.1 Å². The fraction of sp³-hybridized carbons (Fsp3) is 0.833. The van der Waals surface area contributed by atoms with Gasteiger partial charge in [-0.15, -0.1) is 0 Å². The number of carbonyl (C=O) groups is 1. The Bertz CT molecular complexity index is 401. The van der Waals surface area contributed by atoms with E-state index in [0.29, 0.717) is 0 Å². The molecule has 0 bridgehead atoms. The lowest BCUT2D eigenvalue weighted by Crippen LogP contribution is -2.54. The van der Waals surface area contributed by atoms with Crippen LogP contribution in [0.2, 0.25) is 0 Å². The zero-order chi connectivity index (χ0) is 16.7. The number of rotatable bonds is 7. The van der Waals surface area contributed by atoms with Crippen LogP contribution in [0.25, 0.3) is 0 Å². The van der Waals surface area contributed by atoms with Crippen LogP contribution < -0.4 is 5.32 Å². The third-order valence-corrected chi connectivity index (χ3v) is 4.99. The Kier molecular flexibility index (Phi) is 7.53. The first kappa shape index (κ1) is 18.4. The van der Waals surface area contributed by atoms with Gasteiger partial charge in [0, 0.05) is 39.3 Å². The van der Waals surface area contributed by atoms with Crippen molar-refractivity contribution >= 4 is 5.91 Å². The average Bonchev–Trinajstić information content (AvgIpc) is 2.55. The molecule has 2 N–H and O–H groups in total. The number of nitrogens with one attached hydrogen (secondary N) is 1. The van der Waals surface area contributed by atoms with E-state index in [2.05, 4.69) is 21.2 Å². The molecule has 0 aromatic carbocycles. The van der Waals surface area contributed by atoms with Crippen molar-refractivity contribution in [2.45, 2.75) is 58.1 Å². The molecule has 132 valence electrons. The van der Waals surface area contributed by atoms with Crippen molar-refractivity contribution in [3.8, 4) is 0 Å². The van der Waals surface area contributed by atoms with Gasteiger partial charge in [-0.1, -0.05) is 11.6 Å². The summed E-state index contributed by atoms with van der Waals surface area (Å²) in [5.74, 6) is 0.144. The Labute approximate surface area is 140 Å². The number of aliphatic hydroxyl groups excluding tert-OH is 1. The molecule has 23 heavy (non-hydrogen) atoms. The molecule has 2 aliphatic rings. The largest absolute Gasteiger partial charge is 0.392 e. The van der Waals surface area contributed by atoms with Gasteiger partial charge in [0.15, 0.2) is 0 Å². The fourth-order valence-corrected chi connectivity index (χ4v) is 3.50. The van der Waals surface area contributed by atoms with Gasteiger partial charge in [-0.3, -0.25) is 14.6 Å². The molecule has 5 heteroatoms. The minimum Gasteiger partial charge on any atom is -0.392 e. The number of aliphatic hydroxyl groups is 1. The number of hydrogen-bond acceptors (Lipinski definition) is 4. The van der Waals surface area contributed by atoms with Crippen LogP contribution in [0.4, 0.5) is 0 Å². The predicted octanol–water partition coefficient (Wildman–Crippen LogP) is 1.38. The van der Waals surface area contributed by atoms with Crippen LogP contribution in [0.1, 0.15) is 46.0 Å². The Morgan fingerprint density at radius 2 is 2.00 bits per heavy atom. The molecule has 5 nitrogen and oxygen atoms in total. The van der Waals surface area contributed by atoms with Gasteiger partial charge < -0.3 is 10.4 Å². The van der Waals surface area contributed by atoms with E-state index in [1.165, 1.54) is 31.3 Å². The topological polar surface area (TPSA) is 55.8 Å². The zero-order valence-corrected chi connectivity index (χ0v) is 14.8. The van der Waals surface area contributed by atoms with Gasteiger partial charge in [0.05, 0.1) is 12.1 Å². The summed E-state index contributed by atoms with van der Waals surface area (Å²) in [5.41, 5.74) is 1.51. The normalized spacial score (nSPS) is 23.2. The second-order valence-electron chi connectivity index (χ2n) is 7.01. The minimum atomic E-state index is -0.281. The SMILES string of the molecule is C[C@H](O)CN1CCN([C@H](C)C(=O)NCCC2=CCCCC2)CC1. The van der Waals surface area contributed by atoms with Gasteiger partial charge in [-0.25, -0.2) is 0 Å². The molecule has 1 heterocycles. The molecule has 0 radical (unpaired) electrons. The van der Waals surface area contributed by atoms with Crippen molar-refractivity contribution in [2.24, 2.45) is 0 Å². The molecule has 1 saturated heterocycles. The highest BCUT2D eigenvalue weighted by atomic mass is 16.3. The molecule has 1 aliphatic carbocycles. The van der Waals surface area contributed by atoms with Gasteiger partial charge >= 0.3 is 0 Å². The minimum absolute atomic E-state index is 0.0657. The van der Waals surface area contributed by atoms with Crippen molar-refractivity contribution in [1.82, 2.24) is 15.1 Å². The predicted molar refractivity (Wildman–Crippen MR) is 93.3 cm³/mol. The smallest absolute Gasteiger partial charge is 0.237 e. The standard InChI is InChI=1S/C18H33N3O2/c1-15(22)14-20-10-12-21(13-11-20)16(2)18(23)19-9-8-17-6-4-3-5-7-17/h6,15-16,22H,3-5,7-14H2,1-2H3,(H,19,23)/t15-,16+/m0/s1. The van der Waals surface area contributed by atoms with Crippen molar-refractivity contribution in [2.75, 3.05) is 39.3 Å². The summed E-state index contributed by atoms with van der Waals surface area (Å²) in [5, 5.41) is 12.5. The lowest BCUT2D eigenvalue weighted by molar-refractivity contribution is -0.126. The first-order valence-corrected chi connectivity index (χ1v) is 9.16. The van der Waals surface area contributed by atoms with Gasteiger partial charge in [-0.2, -0.15) is 0 Å². The lowest BCUT2D eigenvalue weighted by atomic mass is 9.97. The molecule has 0 spiro atoms. The monoisotopic (exact) mass is 323 g/mol. The van der Waals surface area contributed by atoms with Gasteiger partial charge in [0.25, 0.3) is 0 Å². The highest BCUT2D eigenvalue weighted by Gasteiger charge is 2.25. The number of piperazine rings is 1. The molecule has 2 rings (SSSR count). The van der Waals surface area contributed by atoms with E-state index < -0.39 is 0 Å². The quantitative estimate of drug-likeness (QED) is 0.695. The van der Waals surface area contributed by atoms with Crippen molar-refractivity contribution < 1.29 is 9.90 Å². The van der Waals surface area contributed by atoms with Gasteiger partial charge in [0.2, 0.25) is 5.91 Å². The Hall–Kier alpha value is -0.910. The third-order valence-electron chi connectivity index (χ3n) is 4.99. The molecule has 0 aromatic rings. The number of amides is 1. The number of carbonyl (C=O) groups excluding carboxylic acids is 1. The van der Waals surface area contributed by atoms with Gasteiger partial charge in [0.1, 0.15) is 0 Å². The molecule has 1 fully saturated rings. The fourth-order valence-electron chi connectivity index (χ4n) is 3.50. The summed E-state index contributed by atoms with van der Waals surface area (Å²) in [7, 11) is 0. The third kappa shape index (κ3) is 6.24. The maximum absolute atomic E-state index is 12.3. The summed E-state index contributed by atoms with van der Waals surface area (Å²) in [4.78, 5) is 16.8. The number of nitrogens with zero attached hydrogens (tertiary/aromatic N) is 2. The van der Waals surface area contributed by atoms with Crippen molar-refractivity contribution in [3.63, 3.8) is 0 Å². The number of β-amino-alcohol motifs (C(OH)–C–C–N with tert-alkyl or cyclic N) is 1. The lowest BCUT2D eigenvalue weighted by Gasteiger charge is -2.37. The highest BCUT2D eigenvalue weighted by Crippen LogP contribution is 2.19. The van der Waals surface area contributed by atoms with E-state index >= 15 is 0 Å². The average molecular weight is 323 g/mol. The number of hydrogen-bond donors (Lipinski definition) is 2. The summed E-state index contributed by atoms with van der Waals surface area (Å²) in [6.45, 7) is 8.95.